The number of ether oxygens (including phenoxy) is 1. The van der Waals surface area contributed by atoms with E-state index in [2.05, 4.69) is 10.3 Å². The summed E-state index contributed by atoms with van der Waals surface area (Å²) in [4.78, 5) is 4.40. The highest BCUT2D eigenvalue weighted by atomic mass is 19.4. The van der Waals surface area contributed by atoms with Crippen molar-refractivity contribution in [3.05, 3.63) is 59.7 Å². The number of anilines is 1. The predicted octanol–water partition coefficient (Wildman–Crippen LogP) is 4.39. The zero-order valence-electron chi connectivity index (χ0n) is 14.3. The third-order valence-electron chi connectivity index (χ3n) is 4.48. The van der Waals surface area contributed by atoms with E-state index in [4.69, 9.17) is 10.5 Å². The van der Waals surface area contributed by atoms with Crippen LogP contribution in [0.5, 0.6) is 5.75 Å². The number of methoxy groups -OCH3 is 1. The number of nitrogens with two attached hydrogens (primary N) is 1. The molecule has 1 aliphatic rings. The maximum Gasteiger partial charge on any atom is 0.416 e. The Hall–Kier alpha value is -2.70. The molecule has 0 heterocycles. The van der Waals surface area contributed by atoms with Crippen LogP contribution in [0.2, 0.25) is 0 Å². The minimum Gasteiger partial charge on any atom is -0.497 e. The number of benzene rings is 2. The first-order valence-corrected chi connectivity index (χ1v) is 8.26. The minimum absolute atomic E-state index is 0.0142. The second-order valence-corrected chi connectivity index (χ2v) is 6.31. The molecule has 2 aromatic carbocycles. The highest BCUT2D eigenvalue weighted by molar-refractivity contribution is 5.92. The molecule has 0 spiro atoms. The van der Waals surface area contributed by atoms with Gasteiger partial charge in [0, 0.05) is 5.69 Å². The molecule has 1 fully saturated rings. The third-order valence-corrected chi connectivity index (χ3v) is 4.48. The highest BCUT2D eigenvalue weighted by Gasteiger charge is 2.34. The first kappa shape index (κ1) is 18.1. The second kappa shape index (κ2) is 7.27. The Balaban J connectivity index is 1.56. The molecule has 0 aromatic heterocycles. The van der Waals surface area contributed by atoms with Gasteiger partial charge in [0.2, 0.25) is 0 Å². The van der Waals surface area contributed by atoms with Gasteiger partial charge in [-0.2, -0.15) is 13.2 Å². The normalized spacial score (nSPS) is 20.4. The van der Waals surface area contributed by atoms with E-state index in [9.17, 15) is 13.2 Å². The fourth-order valence-corrected chi connectivity index (χ4v) is 2.99. The van der Waals surface area contributed by atoms with Crippen LogP contribution in [0, 0.1) is 0 Å². The molecular formula is C19H20F3N3O. The molecule has 4 nitrogen and oxygen atoms in total. The third kappa shape index (κ3) is 4.28. The molecule has 0 saturated heterocycles. The Morgan fingerprint density at radius 3 is 2.46 bits per heavy atom. The number of nitrogens with zero attached hydrogens (tertiary/aromatic N) is 1. The van der Waals surface area contributed by atoms with Crippen molar-refractivity contribution in [3.63, 3.8) is 0 Å². The van der Waals surface area contributed by atoms with Crippen LogP contribution in [-0.2, 0) is 6.18 Å². The quantitative estimate of drug-likeness (QED) is 0.626. The molecule has 26 heavy (non-hydrogen) atoms. The van der Waals surface area contributed by atoms with E-state index in [0.29, 0.717) is 24.4 Å². The van der Waals surface area contributed by atoms with E-state index in [1.807, 2.05) is 24.3 Å². The number of rotatable bonds is 4. The van der Waals surface area contributed by atoms with E-state index in [1.54, 1.807) is 13.2 Å². The van der Waals surface area contributed by atoms with Crippen molar-refractivity contribution in [2.24, 2.45) is 10.7 Å². The predicted molar refractivity (Wildman–Crippen MR) is 95.4 cm³/mol. The van der Waals surface area contributed by atoms with E-state index in [0.717, 1.165) is 17.5 Å². The molecule has 3 rings (SSSR count). The summed E-state index contributed by atoms with van der Waals surface area (Å²) in [7, 11) is 1.59. The maximum atomic E-state index is 12.8. The molecule has 0 radical (unpaired) electrons. The molecule has 1 aliphatic carbocycles. The molecule has 0 aliphatic heterocycles. The summed E-state index contributed by atoms with van der Waals surface area (Å²) in [6, 6.07) is 12.8. The van der Waals surface area contributed by atoms with Crippen LogP contribution in [0.15, 0.2) is 53.5 Å². The smallest absolute Gasteiger partial charge is 0.416 e. The van der Waals surface area contributed by atoms with Crippen molar-refractivity contribution < 1.29 is 17.9 Å². The Bertz CT molecular complexity index is 781. The van der Waals surface area contributed by atoms with Gasteiger partial charge in [0.1, 0.15) is 5.75 Å². The zero-order chi connectivity index (χ0) is 18.7. The van der Waals surface area contributed by atoms with Crippen LogP contribution < -0.4 is 15.8 Å². The monoisotopic (exact) mass is 363 g/mol. The molecule has 3 N–H and O–H groups in total. The molecule has 138 valence electrons. The van der Waals surface area contributed by atoms with Gasteiger partial charge in [-0.05, 0) is 54.7 Å². The van der Waals surface area contributed by atoms with Crippen molar-refractivity contribution in [2.75, 3.05) is 12.4 Å². The minimum atomic E-state index is -4.32. The number of hydrogen-bond donors (Lipinski definition) is 2. The molecule has 1 saturated carbocycles. The van der Waals surface area contributed by atoms with Gasteiger partial charge in [-0.25, -0.2) is 4.99 Å². The molecule has 0 bridgehead atoms. The fraction of sp³-hybridized carbons (Fsp3) is 0.316. The number of halogens is 3. The number of hydrogen-bond acceptors (Lipinski definition) is 2. The van der Waals surface area contributed by atoms with Gasteiger partial charge >= 0.3 is 6.18 Å². The summed E-state index contributed by atoms with van der Waals surface area (Å²) in [5, 5.41) is 3.00. The summed E-state index contributed by atoms with van der Waals surface area (Å²) >= 11 is 0. The molecule has 0 amide bonds. The van der Waals surface area contributed by atoms with E-state index < -0.39 is 11.7 Å². The zero-order valence-corrected chi connectivity index (χ0v) is 14.3. The van der Waals surface area contributed by atoms with E-state index >= 15 is 0 Å². The molecule has 2 aromatic rings. The van der Waals surface area contributed by atoms with Crippen LogP contribution >= 0.6 is 0 Å². The largest absolute Gasteiger partial charge is 0.497 e. The van der Waals surface area contributed by atoms with Gasteiger partial charge in [0.15, 0.2) is 5.96 Å². The number of alkyl halides is 3. The van der Waals surface area contributed by atoms with Gasteiger partial charge in [-0.3, -0.25) is 0 Å². The molecule has 7 heteroatoms. The van der Waals surface area contributed by atoms with E-state index in [-0.39, 0.29) is 12.0 Å². The Morgan fingerprint density at radius 2 is 1.85 bits per heavy atom. The summed E-state index contributed by atoms with van der Waals surface area (Å²) in [5.41, 5.74) is 6.80. The first-order chi connectivity index (χ1) is 12.3. The summed E-state index contributed by atoms with van der Waals surface area (Å²) in [6.45, 7) is 0. The maximum absolute atomic E-state index is 12.8. The van der Waals surface area contributed by atoms with Crippen molar-refractivity contribution in [1.82, 2.24) is 0 Å². The Morgan fingerprint density at radius 1 is 1.15 bits per heavy atom. The van der Waals surface area contributed by atoms with Crippen LogP contribution in [0.3, 0.4) is 0 Å². The van der Waals surface area contributed by atoms with Crippen molar-refractivity contribution in [1.29, 1.82) is 0 Å². The van der Waals surface area contributed by atoms with Crippen LogP contribution in [0.25, 0.3) is 0 Å². The molecule has 0 atom stereocenters. The summed E-state index contributed by atoms with van der Waals surface area (Å²) in [6.07, 6.45) is -2.94. The molecular weight excluding hydrogens is 343 g/mol. The number of nitrogens with one attached hydrogen (secondary N) is 1. The number of aliphatic imine (C=N–C) groups is 1. The second-order valence-electron chi connectivity index (χ2n) is 6.31. The average molecular weight is 363 g/mol. The lowest BCUT2D eigenvalue weighted by Crippen LogP contribution is -2.31. The van der Waals surface area contributed by atoms with Gasteiger partial charge < -0.3 is 15.8 Å². The fourth-order valence-electron chi connectivity index (χ4n) is 2.99. The lowest BCUT2D eigenvalue weighted by atomic mass is 9.76. The Labute approximate surface area is 149 Å². The van der Waals surface area contributed by atoms with Crippen molar-refractivity contribution in [2.45, 2.75) is 31.0 Å². The van der Waals surface area contributed by atoms with E-state index in [1.165, 1.54) is 12.1 Å². The topological polar surface area (TPSA) is 59.6 Å². The van der Waals surface area contributed by atoms with Crippen molar-refractivity contribution >= 4 is 11.6 Å². The average Bonchev–Trinajstić information content (AvgIpc) is 2.58. The summed E-state index contributed by atoms with van der Waals surface area (Å²) < 4.78 is 43.5. The van der Waals surface area contributed by atoms with Gasteiger partial charge in [0.25, 0.3) is 0 Å². The highest BCUT2D eigenvalue weighted by Crippen LogP contribution is 2.40. The Kier molecular flexibility index (Phi) is 5.06. The molecule has 0 unspecified atom stereocenters. The lowest BCUT2D eigenvalue weighted by Gasteiger charge is -2.33. The van der Waals surface area contributed by atoms with Gasteiger partial charge in [-0.15, -0.1) is 0 Å². The van der Waals surface area contributed by atoms with Crippen LogP contribution in [0.1, 0.15) is 29.9 Å². The standard InChI is InChI=1S/C19H20F3N3O/c1-26-17-7-5-15(6-8-17)24-18(23)25-16-10-13(11-16)12-3-2-4-14(9-12)19(20,21)22/h2-9,13,16H,10-11H2,1H3,(H3,23,24,25). The van der Waals surface area contributed by atoms with Crippen LogP contribution in [0.4, 0.5) is 18.9 Å². The SMILES string of the molecule is COc1ccc(NC(N)=NC2CC(c3cccc(C(F)(F)F)c3)C2)cc1. The lowest BCUT2D eigenvalue weighted by molar-refractivity contribution is -0.137. The van der Waals surface area contributed by atoms with Gasteiger partial charge in [-0.1, -0.05) is 18.2 Å². The summed E-state index contributed by atoms with van der Waals surface area (Å²) in [5.74, 6) is 1.12. The number of guanidine groups is 1. The van der Waals surface area contributed by atoms with Crippen LogP contribution in [-0.4, -0.2) is 19.1 Å². The van der Waals surface area contributed by atoms with Gasteiger partial charge in [0.05, 0.1) is 18.7 Å². The first-order valence-electron chi connectivity index (χ1n) is 8.26. The van der Waals surface area contributed by atoms with Crippen molar-refractivity contribution in [3.8, 4) is 5.75 Å².